The number of nitro benzene ring substituents is 1. The normalized spacial score (nSPS) is 10.2. The Morgan fingerprint density at radius 1 is 0.784 bits per heavy atom. The molecule has 0 radical (unpaired) electrons. The highest BCUT2D eigenvalue weighted by Crippen LogP contribution is 2.21. The molecular weight excluding hydrogens is 474 g/mol. The van der Waals surface area contributed by atoms with Crippen LogP contribution in [0.5, 0.6) is 11.5 Å². The molecule has 3 rings (SSSR count). The van der Waals surface area contributed by atoms with Crippen LogP contribution in [0.3, 0.4) is 0 Å². The minimum atomic E-state index is -0.617. The van der Waals surface area contributed by atoms with Crippen molar-refractivity contribution in [2.24, 2.45) is 0 Å². The van der Waals surface area contributed by atoms with Crippen molar-refractivity contribution in [3.8, 4) is 11.5 Å². The number of rotatable bonds is 12. The van der Waals surface area contributed by atoms with Crippen LogP contribution in [0.15, 0.2) is 78.4 Å². The molecule has 37 heavy (non-hydrogen) atoms. The number of nitrogens with one attached hydrogen (secondary N) is 2. The Morgan fingerprint density at radius 2 is 1.24 bits per heavy atom. The fourth-order valence-corrected chi connectivity index (χ4v) is 3.58. The van der Waals surface area contributed by atoms with Crippen molar-refractivity contribution in [3.05, 3.63) is 105 Å². The fourth-order valence-electron chi connectivity index (χ4n) is 3.58. The predicted octanol–water partition coefficient (Wildman–Crippen LogP) is 3.71. The molecule has 192 valence electrons. The smallest absolute Gasteiger partial charge is 0.276 e. The summed E-state index contributed by atoms with van der Waals surface area (Å²) in [7, 11) is 3.17. The van der Waals surface area contributed by atoms with Gasteiger partial charge in [-0.2, -0.15) is 0 Å². The maximum absolute atomic E-state index is 13.0. The zero-order valence-electron chi connectivity index (χ0n) is 20.7. The Bertz CT molecular complexity index is 1190. The van der Waals surface area contributed by atoms with E-state index in [0.717, 1.165) is 22.6 Å². The summed E-state index contributed by atoms with van der Waals surface area (Å²) >= 11 is 0. The van der Waals surface area contributed by atoms with Crippen molar-refractivity contribution in [3.63, 3.8) is 0 Å². The summed E-state index contributed by atoms with van der Waals surface area (Å²) < 4.78 is 10.3. The largest absolute Gasteiger partial charge is 0.497 e. The number of carbonyl (C=O) groups is 2. The van der Waals surface area contributed by atoms with Gasteiger partial charge in [-0.25, -0.2) is 0 Å². The highest BCUT2D eigenvalue weighted by Gasteiger charge is 2.20. The first-order valence-electron chi connectivity index (χ1n) is 11.7. The Morgan fingerprint density at radius 3 is 1.68 bits per heavy atom. The van der Waals surface area contributed by atoms with Crippen molar-refractivity contribution in [2.45, 2.75) is 12.8 Å². The van der Waals surface area contributed by atoms with E-state index in [0.29, 0.717) is 12.8 Å². The summed E-state index contributed by atoms with van der Waals surface area (Å²) in [4.78, 5) is 36.9. The Hall–Kier alpha value is -4.66. The third kappa shape index (κ3) is 7.93. The van der Waals surface area contributed by atoms with Gasteiger partial charge in [0.1, 0.15) is 17.1 Å². The zero-order valence-corrected chi connectivity index (χ0v) is 20.7. The first-order valence-corrected chi connectivity index (χ1v) is 11.7. The molecule has 0 unspecified atom stereocenters. The average molecular weight is 504 g/mol. The topological polar surface area (TPSA) is 120 Å². The van der Waals surface area contributed by atoms with Gasteiger partial charge in [-0.05, 0) is 60.4 Å². The molecule has 0 aliphatic carbocycles. The van der Waals surface area contributed by atoms with E-state index >= 15 is 0 Å². The Labute approximate surface area is 215 Å². The number of methoxy groups -OCH3 is 2. The van der Waals surface area contributed by atoms with Gasteiger partial charge in [0.25, 0.3) is 17.5 Å². The molecule has 3 aromatic rings. The van der Waals surface area contributed by atoms with E-state index < -0.39 is 16.7 Å². The summed E-state index contributed by atoms with van der Waals surface area (Å²) in [5.41, 5.74) is 1.72. The quantitative estimate of drug-likeness (QED) is 0.128. The van der Waals surface area contributed by atoms with Crippen LogP contribution < -0.4 is 20.1 Å². The van der Waals surface area contributed by atoms with Crippen LogP contribution in [0.25, 0.3) is 6.08 Å². The van der Waals surface area contributed by atoms with Gasteiger partial charge in [-0.1, -0.05) is 36.4 Å². The number of nitrogens with zero attached hydrogens (tertiary/aromatic N) is 1. The highest BCUT2D eigenvalue weighted by molar-refractivity contribution is 6.21. The van der Waals surface area contributed by atoms with Crippen LogP contribution in [0.2, 0.25) is 0 Å². The molecule has 9 heteroatoms. The van der Waals surface area contributed by atoms with Crippen molar-refractivity contribution < 1.29 is 24.0 Å². The van der Waals surface area contributed by atoms with E-state index in [9.17, 15) is 19.7 Å². The summed E-state index contributed by atoms with van der Waals surface area (Å²) in [6.45, 7) is 0.553. The van der Waals surface area contributed by atoms with Gasteiger partial charge in [0, 0.05) is 19.2 Å². The second kappa shape index (κ2) is 13.4. The SMILES string of the molecule is COc1ccc(CCNC(=O)C(=Cc2ccccc2[N+](=O)[O-])C(=O)NCCc2ccc(OC)cc2)cc1. The van der Waals surface area contributed by atoms with Gasteiger partial charge in [-0.3, -0.25) is 19.7 Å². The third-order valence-electron chi connectivity index (χ3n) is 5.64. The van der Waals surface area contributed by atoms with Gasteiger partial charge in [0.2, 0.25) is 0 Å². The maximum Gasteiger partial charge on any atom is 0.276 e. The predicted molar refractivity (Wildman–Crippen MR) is 140 cm³/mol. The number of carbonyl (C=O) groups excluding carboxylic acids is 2. The Balaban J connectivity index is 1.71. The maximum atomic E-state index is 13.0. The van der Waals surface area contributed by atoms with Crippen LogP contribution in [0.1, 0.15) is 16.7 Å². The van der Waals surface area contributed by atoms with Gasteiger partial charge < -0.3 is 20.1 Å². The molecule has 0 fully saturated rings. The van der Waals surface area contributed by atoms with Crippen LogP contribution in [0.4, 0.5) is 5.69 Å². The number of nitro groups is 1. The number of amides is 2. The molecule has 0 spiro atoms. The monoisotopic (exact) mass is 503 g/mol. The highest BCUT2D eigenvalue weighted by atomic mass is 16.6. The number of para-hydroxylation sites is 1. The molecule has 0 bridgehead atoms. The molecule has 2 amide bonds. The minimum Gasteiger partial charge on any atom is -0.497 e. The van der Waals surface area contributed by atoms with E-state index in [4.69, 9.17) is 9.47 Å². The van der Waals surface area contributed by atoms with Crippen LogP contribution in [-0.2, 0) is 22.4 Å². The molecule has 0 aliphatic heterocycles. The van der Waals surface area contributed by atoms with Gasteiger partial charge in [-0.15, -0.1) is 0 Å². The average Bonchev–Trinajstić information content (AvgIpc) is 2.92. The summed E-state index contributed by atoms with van der Waals surface area (Å²) in [5, 5.41) is 16.9. The van der Waals surface area contributed by atoms with Gasteiger partial charge in [0.05, 0.1) is 24.7 Å². The second-order valence-corrected chi connectivity index (χ2v) is 8.08. The zero-order chi connectivity index (χ0) is 26.6. The van der Waals surface area contributed by atoms with Crippen LogP contribution in [-0.4, -0.2) is 44.0 Å². The van der Waals surface area contributed by atoms with Gasteiger partial charge >= 0.3 is 0 Å². The molecule has 0 aliphatic rings. The molecule has 2 N–H and O–H groups in total. The number of benzene rings is 3. The first kappa shape index (κ1) is 26.9. The summed E-state index contributed by atoms with van der Waals surface area (Å²) in [5.74, 6) is 0.227. The standard InChI is InChI=1S/C28H29N3O6/c1-36-23-11-7-20(8-12-23)15-17-29-27(32)25(19-22-5-3-4-6-26(22)31(34)35)28(33)30-18-16-21-9-13-24(37-2)14-10-21/h3-14,19H,15-18H2,1-2H3,(H,29,32)(H,30,33). The second-order valence-electron chi connectivity index (χ2n) is 8.08. The first-order chi connectivity index (χ1) is 17.9. The molecule has 0 aromatic heterocycles. The van der Waals surface area contributed by atoms with E-state index in [2.05, 4.69) is 10.6 Å². The van der Waals surface area contributed by atoms with Crippen LogP contribution in [0, 0.1) is 10.1 Å². The molecule has 0 saturated carbocycles. The number of ether oxygens (including phenoxy) is 2. The molecule has 9 nitrogen and oxygen atoms in total. The fraction of sp³-hybridized carbons (Fsp3) is 0.214. The summed E-state index contributed by atoms with van der Waals surface area (Å²) in [6.07, 6.45) is 2.32. The lowest BCUT2D eigenvalue weighted by atomic mass is 10.1. The van der Waals surface area contributed by atoms with Crippen molar-refractivity contribution in [1.82, 2.24) is 10.6 Å². The van der Waals surface area contributed by atoms with Gasteiger partial charge in [0.15, 0.2) is 0 Å². The lowest BCUT2D eigenvalue weighted by Gasteiger charge is -2.11. The molecule has 3 aromatic carbocycles. The van der Waals surface area contributed by atoms with Crippen LogP contribution >= 0.6 is 0 Å². The van der Waals surface area contributed by atoms with Crippen molar-refractivity contribution in [1.29, 1.82) is 0 Å². The third-order valence-corrected chi connectivity index (χ3v) is 5.64. The van der Waals surface area contributed by atoms with E-state index in [1.54, 1.807) is 20.3 Å². The molecule has 0 heterocycles. The molecule has 0 atom stereocenters. The van der Waals surface area contributed by atoms with E-state index in [-0.39, 0.29) is 29.9 Å². The van der Waals surface area contributed by atoms with E-state index in [1.807, 2.05) is 48.5 Å². The minimum absolute atomic E-state index is 0.165. The van der Waals surface area contributed by atoms with E-state index in [1.165, 1.54) is 24.3 Å². The Kier molecular flexibility index (Phi) is 9.78. The number of hydrogen-bond donors (Lipinski definition) is 2. The molecular formula is C28H29N3O6. The number of hydrogen-bond acceptors (Lipinski definition) is 6. The lowest BCUT2D eigenvalue weighted by molar-refractivity contribution is -0.385. The molecule has 0 saturated heterocycles. The van der Waals surface area contributed by atoms with Crippen molar-refractivity contribution in [2.75, 3.05) is 27.3 Å². The van der Waals surface area contributed by atoms with Crippen molar-refractivity contribution >= 4 is 23.6 Å². The summed E-state index contributed by atoms with van der Waals surface area (Å²) in [6, 6.07) is 20.8. The lowest BCUT2D eigenvalue weighted by Crippen LogP contribution is -2.36.